The molecule has 0 radical (unpaired) electrons. The Kier molecular flexibility index (Phi) is 3.66. The lowest BCUT2D eigenvalue weighted by molar-refractivity contribution is 0.214. The van der Waals surface area contributed by atoms with E-state index in [1.165, 1.54) is 17.5 Å². The minimum Gasteiger partial charge on any atom is -0.496 e. The fourth-order valence-corrected chi connectivity index (χ4v) is 2.53. The van der Waals surface area contributed by atoms with Gasteiger partial charge in [0.25, 0.3) is 0 Å². The smallest absolute Gasteiger partial charge is 0.134 e. The van der Waals surface area contributed by atoms with Gasteiger partial charge in [0.05, 0.1) is 13.3 Å². The standard InChI is InChI=1S/C12H12ClNO2S/c1-7-3-4-9(16-2)8(5-7)11(15)12-14-6-10(13)17-12/h3-6,11,15H,1-2H3. The fraction of sp³-hybridized carbons (Fsp3) is 0.250. The number of hydrogen-bond acceptors (Lipinski definition) is 4. The number of ether oxygens (including phenoxy) is 1. The Morgan fingerprint density at radius 2 is 2.24 bits per heavy atom. The van der Waals surface area contributed by atoms with Gasteiger partial charge in [-0.25, -0.2) is 4.98 Å². The average molecular weight is 270 g/mol. The Bertz CT molecular complexity index is 527. The Morgan fingerprint density at radius 1 is 1.47 bits per heavy atom. The van der Waals surface area contributed by atoms with Crippen LogP contribution in [0.5, 0.6) is 5.75 Å². The number of halogens is 1. The summed E-state index contributed by atoms with van der Waals surface area (Å²) in [7, 11) is 1.58. The first kappa shape index (κ1) is 12.4. The summed E-state index contributed by atoms with van der Waals surface area (Å²) < 4.78 is 5.79. The average Bonchev–Trinajstić information content (AvgIpc) is 2.75. The summed E-state index contributed by atoms with van der Waals surface area (Å²) in [5.74, 6) is 0.648. The number of nitrogens with zero attached hydrogens (tertiary/aromatic N) is 1. The van der Waals surface area contributed by atoms with E-state index >= 15 is 0 Å². The van der Waals surface area contributed by atoms with Crippen LogP contribution in [0.4, 0.5) is 0 Å². The molecule has 2 aromatic rings. The lowest BCUT2D eigenvalue weighted by atomic mass is 10.1. The van der Waals surface area contributed by atoms with Crippen molar-refractivity contribution < 1.29 is 9.84 Å². The summed E-state index contributed by atoms with van der Waals surface area (Å²) in [6.07, 6.45) is 0.731. The molecule has 2 rings (SSSR count). The summed E-state index contributed by atoms with van der Waals surface area (Å²) in [5, 5.41) is 10.8. The molecule has 0 aliphatic heterocycles. The highest BCUT2D eigenvalue weighted by atomic mass is 35.5. The van der Waals surface area contributed by atoms with Crippen LogP contribution in [0.15, 0.2) is 24.4 Å². The second kappa shape index (κ2) is 5.04. The lowest BCUT2D eigenvalue weighted by Gasteiger charge is -2.13. The SMILES string of the molecule is COc1ccc(C)cc1C(O)c1ncc(Cl)s1. The molecule has 1 N–H and O–H groups in total. The molecule has 1 unspecified atom stereocenters. The highest BCUT2D eigenvalue weighted by Crippen LogP contribution is 2.33. The summed E-state index contributed by atoms with van der Waals surface area (Å²) >= 11 is 7.08. The van der Waals surface area contributed by atoms with Gasteiger partial charge >= 0.3 is 0 Å². The van der Waals surface area contributed by atoms with Gasteiger partial charge in [-0.05, 0) is 19.1 Å². The van der Waals surface area contributed by atoms with Crippen LogP contribution in [-0.2, 0) is 0 Å². The summed E-state index contributed by atoms with van der Waals surface area (Å²) in [4.78, 5) is 4.08. The van der Waals surface area contributed by atoms with Crippen molar-refractivity contribution in [2.24, 2.45) is 0 Å². The molecule has 0 bridgehead atoms. The Labute approximate surface area is 109 Å². The number of hydrogen-bond donors (Lipinski definition) is 1. The molecule has 0 spiro atoms. The van der Waals surface area contributed by atoms with Crippen LogP contribution in [-0.4, -0.2) is 17.2 Å². The normalized spacial score (nSPS) is 12.5. The minimum atomic E-state index is -0.803. The number of benzene rings is 1. The Morgan fingerprint density at radius 3 is 2.82 bits per heavy atom. The molecule has 1 aromatic carbocycles. The van der Waals surface area contributed by atoms with Crippen LogP contribution in [0, 0.1) is 6.92 Å². The summed E-state index contributed by atoms with van der Waals surface area (Å²) in [6, 6.07) is 5.66. The monoisotopic (exact) mass is 269 g/mol. The second-order valence-corrected chi connectivity index (χ2v) is 5.34. The van der Waals surface area contributed by atoms with Crippen LogP contribution in [0.2, 0.25) is 4.34 Å². The molecule has 17 heavy (non-hydrogen) atoms. The first-order valence-corrected chi connectivity index (χ1v) is 6.25. The number of aromatic nitrogens is 1. The molecule has 5 heteroatoms. The van der Waals surface area contributed by atoms with Gasteiger partial charge in [0, 0.05) is 5.56 Å². The molecular formula is C12H12ClNO2S. The summed E-state index contributed by atoms with van der Waals surface area (Å²) in [6.45, 7) is 1.96. The number of rotatable bonds is 3. The Balaban J connectivity index is 2.42. The van der Waals surface area contributed by atoms with E-state index in [-0.39, 0.29) is 0 Å². The molecule has 1 aromatic heterocycles. The predicted octanol–water partition coefficient (Wildman–Crippen LogP) is 3.20. The first-order chi connectivity index (χ1) is 8.11. The van der Waals surface area contributed by atoms with Gasteiger partial charge in [-0.15, -0.1) is 11.3 Å². The molecule has 1 heterocycles. The van der Waals surface area contributed by atoms with Gasteiger partial charge in [-0.2, -0.15) is 0 Å². The molecule has 3 nitrogen and oxygen atoms in total. The van der Waals surface area contributed by atoms with Gasteiger partial charge < -0.3 is 9.84 Å². The van der Waals surface area contributed by atoms with E-state index in [9.17, 15) is 5.11 Å². The number of thiazole rings is 1. The molecule has 1 atom stereocenters. The maximum atomic E-state index is 10.3. The number of aryl methyl sites for hydroxylation is 1. The maximum absolute atomic E-state index is 10.3. The summed E-state index contributed by atoms with van der Waals surface area (Å²) in [5.41, 5.74) is 1.76. The van der Waals surface area contributed by atoms with Crippen LogP contribution in [0.1, 0.15) is 22.2 Å². The number of methoxy groups -OCH3 is 1. The van der Waals surface area contributed by atoms with Crippen molar-refractivity contribution in [3.05, 3.63) is 44.9 Å². The minimum absolute atomic E-state index is 0.561. The third kappa shape index (κ3) is 2.60. The van der Waals surface area contributed by atoms with Crippen LogP contribution in [0.25, 0.3) is 0 Å². The van der Waals surface area contributed by atoms with Gasteiger partial charge in [-0.1, -0.05) is 23.2 Å². The zero-order chi connectivity index (χ0) is 12.4. The zero-order valence-electron chi connectivity index (χ0n) is 9.48. The highest BCUT2D eigenvalue weighted by Gasteiger charge is 2.18. The van der Waals surface area contributed by atoms with Crippen molar-refractivity contribution in [3.8, 4) is 5.75 Å². The van der Waals surface area contributed by atoms with Gasteiger partial charge in [0.15, 0.2) is 0 Å². The van der Waals surface area contributed by atoms with E-state index in [4.69, 9.17) is 16.3 Å². The molecule has 0 saturated heterocycles. The first-order valence-electron chi connectivity index (χ1n) is 5.05. The van der Waals surface area contributed by atoms with Crippen molar-refractivity contribution in [2.45, 2.75) is 13.0 Å². The van der Waals surface area contributed by atoms with Crippen molar-refractivity contribution in [1.29, 1.82) is 0 Å². The zero-order valence-corrected chi connectivity index (χ0v) is 11.0. The van der Waals surface area contributed by atoms with Crippen LogP contribution >= 0.6 is 22.9 Å². The molecule has 0 fully saturated rings. The largest absolute Gasteiger partial charge is 0.496 e. The highest BCUT2D eigenvalue weighted by molar-refractivity contribution is 7.15. The Hall–Kier alpha value is -1.10. The molecule has 0 amide bonds. The lowest BCUT2D eigenvalue weighted by Crippen LogP contribution is -2.02. The van der Waals surface area contributed by atoms with Crippen molar-refractivity contribution in [1.82, 2.24) is 4.98 Å². The van der Waals surface area contributed by atoms with Crippen molar-refractivity contribution in [2.75, 3.05) is 7.11 Å². The van der Waals surface area contributed by atoms with Crippen molar-refractivity contribution >= 4 is 22.9 Å². The molecule has 0 saturated carbocycles. The third-order valence-corrected chi connectivity index (χ3v) is 3.58. The van der Waals surface area contributed by atoms with E-state index in [2.05, 4.69) is 4.98 Å². The molecule has 0 aliphatic carbocycles. The van der Waals surface area contributed by atoms with Gasteiger partial charge in [0.2, 0.25) is 0 Å². The van der Waals surface area contributed by atoms with E-state index < -0.39 is 6.10 Å². The van der Waals surface area contributed by atoms with Crippen molar-refractivity contribution in [3.63, 3.8) is 0 Å². The fourth-order valence-electron chi connectivity index (χ4n) is 1.59. The molecule has 90 valence electrons. The topological polar surface area (TPSA) is 42.4 Å². The van der Waals surface area contributed by atoms with E-state index in [0.29, 0.717) is 20.7 Å². The van der Waals surface area contributed by atoms with Crippen LogP contribution < -0.4 is 4.74 Å². The van der Waals surface area contributed by atoms with E-state index in [1.54, 1.807) is 7.11 Å². The van der Waals surface area contributed by atoms with E-state index in [0.717, 1.165) is 5.56 Å². The van der Waals surface area contributed by atoms with Gasteiger partial charge in [-0.3, -0.25) is 0 Å². The van der Waals surface area contributed by atoms with Crippen LogP contribution in [0.3, 0.4) is 0 Å². The quantitative estimate of drug-likeness (QED) is 0.930. The predicted molar refractivity (Wildman–Crippen MR) is 68.9 cm³/mol. The molecular weight excluding hydrogens is 258 g/mol. The maximum Gasteiger partial charge on any atom is 0.134 e. The second-order valence-electron chi connectivity index (χ2n) is 3.65. The van der Waals surface area contributed by atoms with E-state index in [1.807, 2.05) is 25.1 Å². The third-order valence-electron chi connectivity index (χ3n) is 2.41. The molecule has 0 aliphatic rings. The van der Waals surface area contributed by atoms with Gasteiger partial charge in [0.1, 0.15) is 21.2 Å². The number of aliphatic hydroxyl groups excluding tert-OH is 1. The number of aliphatic hydroxyl groups is 1.